The predicted molar refractivity (Wildman–Crippen MR) is 67.1 cm³/mol. The van der Waals surface area contributed by atoms with Gasteiger partial charge in [-0.05, 0) is 43.4 Å². The number of aromatic nitrogens is 1. The van der Waals surface area contributed by atoms with Gasteiger partial charge in [-0.3, -0.25) is 9.88 Å². The number of nitrogens with zero attached hydrogens (tertiary/aromatic N) is 2. The van der Waals surface area contributed by atoms with E-state index in [-0.39, 0.29) is 0 Å². The fourth-order valence-corrected chi connectivity index (χ4v) is 1.98. The Morgan fingerprint density at radius 1 is 1.44 bits per heavy atom. The van der Waals surface area contributed by atoms with E-state index < -0.39 is 0 Å². The minimum absolute atomic E-state index is 0.801. The molecule has 16 heavy (non-hydrogen) atoms. The van der Waals surface area contributed by atoms with E-state index in [4.69, 9.17) is 0 Å². The molecule has 0 unspecified atom stereocenters. The van der Waals surface area contributed by atoms with Gasteiger partial charge in [0.25, 0.3) is 0 Å². The van der Waals surface area contributed by atoms with Crippen LogP contribution in [0.15, 0.2) is 24.5 Å². The van der Waals surface area contributed by atoms with Gasteiger partial charge in [0, 0.05) is 25.0 Å². The highest BCUT2D eigenvalue weighted by molar-refractivity contribution is 5.09. The van der Waals surface area contributed by atoms with Gasteiger partial charge in [-0.2, -0.15) is 0 Å². The second kappa shape index (κ2) is 5.44. The molecule has 0 radical (unpaired) electrons. The SMILES string of the molecule is CC(C)CCN(Cc1cccnc1)C1CC1. The van der Waals surface area contributed by atoms with Gasteiger partial charge in [0.15, 0.2) is 0 Å². The maximum atomic E-state index is 4.19. The fraction of sp³-hybridized carbons (Fsp3) is 0.643. The summed E-state index contributed by atoms with van der Waals surface area (Å²) in [5.41, 5.74) is 1.35. The van der Waals surface area contributed by atoms with Crippen LogP contribution in [-0.4, -0.2) is 22.5 Å². The van der Waals surface area contributed by atoms with Gasteiger partial charge in [0.05, 0.1) is 0 Å². The van der Waals surface area contributed by atoms with Crippen LogP contribution in [0.3, 0.4) is 0 Å². The van der Waals surface area contributed by atoms with Gasteiger partial charge in [-0.25, -0.2) is 0 Å². The molecule has 0 atom stereocenters. The summed E-state index contributed by atoms with van der Waals surface area (Å²) in [6, 6.07) is 5.06. The van der Waals surface area contributed by atoms with E-state index in [1.165, 1.54) is 31.4 Å². The zero-order valence-electron chi connectivity index (χ0n) is 10.4. The minimum atomic E-state index is 0.801. The zero-order chi connectivity index (χ0) is 11.4. The highest BCUT2D eigenvalue weighted by atomic mass is 15.2. The molecule has 0 aromatic carbocycles. The molecular weight excluding hydrogens is 196 g/mol. The quantitative estimate of drug-likeness (QED) is 0.729. The van der Waals surface area contributed by atoms with Crippen LogP contribution in [0.25, 0.3) is 0 Å². The molecule has 0 aliphatic heterocycles. The molecule has 1 fully saturated rings. The lowest BCUT2D eigenvalue weighted by Gasteiger charge is -2.22. The van der Waals surface area contributed by atoms with Gasteiger partial charge >= 0.3 is 0 Å². The van der Waals surface area contributed by atoms with E-state index in [2.05, 4.69) is 29.8 Å². The largest absolute Gasteiger partial charge is 0.296 e. The molecule has 0 bridgehead atoms. The Labute approximate surface area is 98.7 Å². The first-order chi connectivity index (χ1) is 7.75. The van der Waals surface area contributed by atoms with Gasteiger partial charge in [0.2, 0.25) is 0 Å². The van der Waals surface area contributed by atoms with Gasteiger partial charge in [-0.15, -0.1) is 0 Å². The van der Waals surface area contributed by atoms with Crippen molar-refractivity contribution in [1.29, 1.82) is 0 Å². The average Bonchev–Trinajstić information content (AvgIpc) is 3.09. The summed E-state index contributed by atoms with van der Waals surface area (Å²) in [5, 5.41) is 0. The molecule has 1 saturated carbocycles. The van der Waals surface area contributed by atoms with Crippen LogP contribution in [0.2, 0.25) is 0 Å². The Kier molecular flexibility index (Phi) is 3.94. The summed E-state index contributed by atoms with van der Waals surface area (Å²) in [4.78, 5) is 6.81. The Morgan fingerprint density at radius 3 is 2.81 bits per heavy atom. The molecule has 1 aromatic heterocycles. The zero-order valence-corrected chi connectivity index (χ0v) is 10.4. The minimum Gasteiger partial charge on any atom is -0.296 e. The van der Waals surface area contributed by atoms with Crippen LogP contribution in [0.5, 0.6) is 0 Å². The molecule has 1 aromatic rings. The number of hydrogen-bond donors (Lipinski definition) is 0. The van der Waals surface area contributed by atoms with E-state index in [0.717, 1.165) is 18.5 Å². The molecule has 0 spiro atoms. The number of pyridine rings is 1. The van der Waals surface area contributed by atoms with Crippen LogP contribution in [-0.2, 0) is 6.54 Å². The first-order valence-corrected chi connectivity index (χ1v) is 6.38. The van der Waals surface area contributed by atoms with Crippen LogP contribution < -0.4 is 0 Å². The van der Waals surface area contributed by atoms with Crippen molar-refractivity contribution in [1.82, 2.24) is 9.88 Å². The van der Waals surface area contributed by atoms with Crippen LogP contribution in [0.1, 0.15) is 38.7 Å². The summed E-state index contributed by atoms with van der Waals surface area (Å²) >= 11 is 0. The van der Waals surface area contributed by atoms with E-state index >= 15 is 0 Å². The molecular formula is C14H22N2. The smallest absolute Gasteiger partial charge is 0.0312 e. The third-order valence-corrected chi connectivity index (χ3v) is 3.17. The third kappa shape index (κ3) is 3.60. The summed E-state index contributed by atoms with van der Waals surface area (Å²) in [7, 11) is 0. The van der Waals surface area contributed by atoms with Crippen LogP contribution in [0, 0.1) is 5.92 Å². The first-order valence-electron chi connectivity index (χ1n) is 6.38. The predicted octanol–water partition coefficient (Wildman–Crippen LogP) is 3.09. The molecule has 2 nitrogen and oxygen atoms in total. The van der Waals surface area contributed by atoms with E-state index in [1.807, 2.05) is 18.5 Å². The number of rotatable bonds is 6. The summed E-state index contributed by atoms with van der Waals surface area (Å²) in [6.07, 6.45) is 7.91. The second-order valence-electron chi connectivity index (χ2n) is 5.25. The Bertz CT molecular complexity index is 304. The molecule has 2 rings (SSSR count). The summed E-state index contributed by atoms with van der Waals surface area (Å²) < 4.78 is 0. The van der Waals surface area contributed by atoms with Crippen molar-refractivity contribution in [2.24, 2.45) is 5.92 Å². The summed E-state index contributed by atoms with van der Waals surface area (Å²) in [5.74, 6) is 0.801. The molecule has 1 heterocycles. The standard InChI is InChI=1S/C14H22N2/c1-12(2)7-9-16(14-5-6-14)11-13-4-3-8-15-10-13/h3-4,8,10,12,14H,5-7,9,11H2,1-2H3. The molecule has 0 amide bonds. The molecule has 2 heteroatoms. The fourth-order valence-electron chi connectivity index (χ4n) is 1.98. The van der Waals surface area contributed by atoms with E-state index in [1.54, 1.807) is 0 Å². The van der Waals surface area contributed by atoms with Crippen molar-refractivity contribution in [3.05, 3.63) is 30.1 Å². The Hall–Kier alpha value is -0.890. The maximum absolute atomic E-state index is 4.19. The first kappa shape index (κ1) is 11.6. The van der Waals surface area contributed by atoms with E-state index in [9.17, 15) is 0 Å². The average molecular weight is 218 g/mol. The topological polar surface area (TPSA) is 16.1 Å². The second-order valence-corrected chi connectivity index (χ2v) is 5.25. The highest BCUT2D eigenvalue weighted by Gasteiger charge is 2.28. The van der Waals surface area contributed by atoms with Crippen LogP contribution >= 0.6 is 0 Å². The van der Waals surface area contributed by atoms with Gasteiger partial charge < -0.3 is 0 Å². The molecule has 1 aliphatic rings. The number of hydrogen-bond acceptors (Lipinski definition) is 2. The lowest BCUT2D eigenvalue weighted by molar-refractivity contribution is 0.239. The lowest BCUT2D eigenvalue weighted by atomic mass is 10.1. The highest BCUT2D eigenvalue weighted by Crippen LogP contribution is 2.28. The molecule has 1 aliphatic carbocycles. The van der Waals surface area contributed by atoms with Crippen molar-refractivity contribution < 1.29 is 0 Å². The normalized spacial score (nSPS) is 16.0. The molecule has 0 N–H and O–H groups in total. The maximum Gasteiger partial charge on any atom is 0.0312 e. The van der Waals surface area contributed by atoms with Crippen molar-refractivity contribution in [3.8, 4) is 0 Å². The van der Waals surface area contributed by atoms with Crippen molar-refractivity contribution in [2.75, 3.05) is 6.54 Å². The molecule has 0 saturated heterocycles. The van der Waals surface area contributed by atoms with Crippen molar-refractivity contribution in [3.63, 3.8) is 0 Å². The Morgan fingerprint density at radius 2 is 2.25 bits per heavy atom. The van der Waals surface area contributed by atoms with E-state index in [0.29, 0.717) is 0 Å². The van der Waals surface area contributed by atoms with Crippen molar-refractivity contribution >= 4 is 0 Å². The van der Waals surface area contributed by atoms with Crippen LogP contribution in [0.4, 0.5) is 0 Å². The summed E-state index contributed by atoms with van der Waals surface area (Å²) in [6.45, 7) is 6.91. The monoisotopic (exact) mass is 218 g/mol. The van der Waals surface area contributed by atoms with Crippen molar-refractivity contribution in [2.45, 2.75) is 45.7 Å². The third-order valence-electron chi connectivity index (χ3n) is 3.17. The Balaban J connectivity index is 1.87. The van der Waals surface area contributed by atoms with Gasteiger partial charge in [0.1, 0.15) is 0 Å². The lowest BCUT2D eigenvalue weighted by Crippen LogP contribution is -2.27. The molecule has 88 valence electrons. The van der Waals surface area contributed by atoms with Gasteiger partial charge in [-0.1, -0.05) is 19.9 Å².